The van der Waals surface area contributed by atoms with Gasteiger partial charge in [0.15, 0.2) is 11.5 Å². The molecular formula is C17H17IN4O2. The lowest BCUT2D eigenvalue weighted by molar-refractivity contribution is 0.308. The fourth-order valence-corrected chi connectivity index (χ4v) is 3.05. The summed E-state index contributed by atoms with van der Waals surface area (Å²) in [4.78, 5) is 7.57. The van der Waals surface area contributed by atoms with Gasteiger partial charge in [0.1, 0.15) is 0 Å². The molecule has 0 atom stereocenters. The molecule has 0 saturated carbocycles. The van der Waals surface area contributed by atoms with Gasteiger partial charge in [0, 0.05) is 0 Å². The van der Waals surface area contributed by atoms with Crippen LogP contribution in [0, 0.1) is 3.57 Å². The van der Waals surface area contributed by atoms with Crippen molar-refractivity contribution >= 4 is 45.8 Å². The van der Waals surface area contributed by atoms with Crippen LogP contribution in [0.25, 0.3) is 11.0 Å². The molecular weight excluding hydrogens is 419 g/mol. The van der Waals surface area contributed by atoms with E-state index in [0.717, 1.165) is 25.9 Å². The summed E-state index contributed by atoms with van der Waals surface area (Å²) in [6.45, 7) is 2.54. The van der Waals surface area contributed by atoms with Crippen molar-refractivity contribution in [2.75, 3.05) is 19.1 Å². The van der Waals surface area contributed by atoms with Crippen molar-refractivity contribution in [1.29, 1.82) is 0 Å². The number of methoxy groups -OCH3 is 1. The summed E-state index contributed by atoms with van der Waals surface area (Å²) >= 11 is 2.23. The fourth-order valence-electron chi connectivity index (χ4n) is 2.27. The highest BCUT2D eigenvalue weighted by atomic mass is 127. The van der Waals surface area contributed by atoms with Crippen molar-refractivity contribution in [3.63, 3.8) is 0 Å². The van der Waals surface area contributed by atoms with Crippen LogP contribution >= 0.6 is 22.6 Å². The number of nitrogens with zero attached hydrogens (tertiary/aromatic N) is 2. The molecule has 0 aliphatic rings. The summed E-state index contributed by atoms with van der Waals surface area (Å²) in [5.41, 5.74) is 5.67. The molecule has 124 valence electrons. The van der Waals surface area contributed by atoms with Crippen molar-refractivity contribution in [2.24, 2.45) is 5.10 Å². The SMILES string of the molecule is CCOc1c(I)cc(/C=N\Nc2nc3ccccc3[nH]2)cc1OC. The van der Waals surface area contributed by atoms with Crippen molar-refractivity contribution in [3.8, 4) is 11.5 Å². The Kier molecular flexibility index (Phi) is 5.19. The lowest BCUT2D eigenvalue weighted by atomic mass is 10.2. The topological polar surface area (TPSA) is 71.5 Å². The number of halogens is 1. The van der Waals surface area contributed by atoms with E-state index < -0.39 is 0 Å². The number of para-hydroxylation sites is 2. The fraction of sp³-hybridized carbons (Fsp3) is 0.176. The summed E-state index contributed by atoms with van der Waals surface area (Å²) in [5, 5.41) is 4.23. The van der Waals surface area contributed by atoms with Crippen LogP contribution in [0.15, 0.2) is 41.5 Å². The van der Waals surface area contributed by atoms with E-state index in [2.05, 4.69) is 43.1 Å². The summed E-state index contributed by atoms with van der Waals surface area (Å²) in [7, 11) is 1.63. The first kappa shape index (κ1) is 16.6. The molecule has 0 spiro atoms. The van der Waals surface area contributed by atoms with Gasteiger partial charge in [-0.15, -0.1) is 0 Å². The zero-order valence-electron chi connectivity index (χ0n) is 13.3. The van der Waals surface area contributed by atoms with Gasteiger partial charge >= 0.3 is 0 Å². The molecule has 3 aromatic rings. The number of H-pyrrole nitrogens is 1. The van der Waals surface area contributed by atoms with Crippen molar-refractivity contribution in [1.82, 2.24) is 9.97 Å². The van der Waals surface area contributed by atoms with Gasteiger partial charge in [-0.05, 0) is 59.3 Å². The third-order valence-electron chi connectivity index (χ3n) is 3.31. The highest BCUT2D eigenvalue weighted by Gasteiger charge is 2.10. The Morgan fingerprint density at radius 3 is 2.92 bits per heavy atom. The van der Waals surface area contributed by atoms with E-state index in [1.54, 1.807) is 13.3 Å². The Balaban J connectivity index is 1.77. The second-order valence-corrected chi connectivity index (χ2v) is 6.10. The van der Waals surface area contributed by atoms with Crippen LogP contribution in [0.1, 0.15) is 12.5 Å². The summed E-state index contributed by atoms with van der Waals surface area (Å²) in [6, 6.07) is 11.7. The van der Waals surface area contributed by atoms with Crippen LogP contribution in [-0.4, -0.2) is 29.9 Å². The van der Waals surface area contributed by atoms with Gasteiger partial charge < -0.3 is 14.5 Å². The van der Waals surface area contributed by atoms with E-state index >= 15 is 0 Å². The minimum absolute atomic E-state index is 0.591. The normalized spacial score (nSPS) is 11.1. The maximum Gasteiger partial charge on any atom is 0.222 e. The van der Waals surface area contributed by atoms with E-state index in [4.69, 9.17) is 9.47 Å². The molecule has 0 bridgehead atoms. The summed E-state index contributed by atoms with van der Waals surface area (Å²) in [6.07, 6.45) is 1.72. The monoisotopic (exact) mass is 436 g/mol. The molecule has 2 N–H and O–H groups in total. The number of benzene rings is 2. The number of fused-ring (bicyclic) bond motifs is 1. The number of aromatic amines is 1. The Morgan fingerprint density at radius 2 is 2.17 bits per heavy atom. The number of nitrogens with one attached hydrogen (secondary N) is 2. The van der Waals surface area contributed by atoms with Gasteiger partial charge in [0.2, 0.25) is 5.95 Å². The molecule has 0 aliphatic heterocycles. The standard InChI is InChI=1S/C17H17IN4O2/c1-3-24-16-12(18)8-11(9-15(16)23-2)10-19-22-17-20-13-6-4-5-7-14(13)21-17/h4-10H,3H2,1-2H3,(H2,20,21,22)/b19-10-. The molecule has 1 heterocycles. The van der Waals surface area contributed by atoms with E-state index in [1.165, 1.54) is 0 Å². The summed E-state index contributed by atoms with van der Waals surface area (Å²) < 4.78 is 12.0. The van der Waals surface area contributed by atoms with Gasteiger partial charge in [-0.2, -0.15) is 5.10 Å². The lowest BCUT2D eigenvalue weighted by Gasteiger charge is -2.11. The molecule has 3 rings (SSSR count). The Labute approximate surface area is 153 Å². The minimum Gasteiger partial charge on any atom is -0.493 e. The van der Waals surface area contributed by atoms with Crippen molar-refractivity contribution in [2.45, 2.75) is 6.92 Å². The average molecular weight is 436 g/mol. The van der Waals surface area contributed by atoms with Crippen molar-refractivity contribution in [3.05, 3.63) is 45.5 Å². The predicted octanol–water partition coefficient (Wildman–Crippen LogP) is 4.02. The average Bonchev–Trinajstić information content (AvgIpc) is 2.99. The predicted molar refractivity (Wildman–Crippen MR) is 104 cm³/mol. The Morgan fingerprint density at radius 1 is 1.33 bits per heavy atom. The highest BCUT2D eigenvalue weighted by Crippen LogP contribution is 2.33. The van der Waals surface area contributed by atoms with Gasteiger partial charge in [-0.25, -0.2) is 10.4 Å². The number of hydrazone groups is 1. The van der Waals surface area contributed by atoms with Crippen LogP contribution in [0.5, 0.6) is 11.5 Å². The quantitative estimate of drug-likeness (QED) is 0.348. The van der Waals surface area contributed by atoms with Gasteiger partial charge in [-0.3, -0.25) is 0 Å². The van der Waals surface area contributed by atoms with Crippen LogP contribution in [0.4, 0.5) is 5.95 Å². The smallest absolute Gasteiger partial charge is 0.222 e. The largest absolute Gasteiger partial charge is 0.493 e. The van der Waals surface area contributed by atoms with Gasteiger partial charge in [-0.1, -0.05) is 12.1 Å². The molecule has 0 saturated heterocycles. The first-order valence-electron chi connectivity index (χ1n) is 7.45. The number of hydrogen-bond acceptors (Lipinski definition) is 5. The molecule has 0 radical (unpaired) electrons. The van der Waals surface area contributed by atoms with Gasteiger partial charge in [0.25, 0.3) is 0 Å². The second-order valence-electron chi connectivity index (χ2n) is 4.94. The molecule has 2 aromatic carbocycles. The Bertz CT molecular complexity index is 843. The van der Waals surface area contributed by atoms with Crippen LogP contribution < -0.4 is 14.9 Å². The number of aromatic nitrogens is 2. The first-order valence-corrected chi connectivity index (χ1v) is 8.53. The zero-order valence-corrected chi connectivity index (χ0v) is 15.5. The number of hydrogen-bond donors (Lipinski definition) is 2. The molecule has 1 aromatic heterocycles. The number of imidazole rings is 1. The minimum atomic E-state index is 0.591. The highest BCUT2D eigenvalue weighted by molar-refractivity contribution is 14.1. The molecule has 0 fully saturated rings. The van der Waals surface area contributed by atoms with E-state index in [1.807, 2.05) is 43.3 Å². The second kappa shape index (κ2) is 7.52. The number of ether oxygens (including phenoxy) is 2. The molecule has 0 amide bonds. The van der Waals surface area contributed by atoms with E-state index in [0.29, 0.717) is 18.3 Å². The van der Waals surface area contributed by atoms with Crippen LogP contribution in [0.3, 0.4) is 0 Å². The first-order chi connectivity index (χ1) is 11.7. The third kappa shape index (κ3) is 3.61. The van der Waals surface area contributed by atoms with Crippen LogP contribution in [0.2, 0.25) is 0 Å². The van der Waals surface area contributed by atoms with E-state index in [-0.39, 0.29) is 0 Å². The maximum absolute atomic E-state index is 5.61. The lowest BCUT2D eigenvalue weighted by Crippen LogP contribution is -1.99. The Hall–Kier alpha value is -2.29. The summed E-state index contributed by atoms with van der Waals surface area (Å²) in [5.74, 6) is 2.04. The van der Waals surface area contributed by atoms with Gasteiger partial charge in [0.05, 0.1) is 34.5 Å². The molecule has 0 unspecified atom stereocenters. The number of rotatable bonds is 6. The number of anilines is 1. The third-order valence-corrected chi connectivity index (χ3v) is 4.12. The molecule has 0 aliphatic carbocycles. The van der Waals surface area contributed by atoms with E-state index in [9.17, 15) is 0 Å². The van der Waals surface area contributed by atoms with Crippen LogP contribution in [-0.2, 0) is 0 Å². The molecule has 7 heteroatoms. The maximum atomic E-state index is 5.61. The molecule has 6 nitrogen and oxygen atoms in total. The van der Waals surface area contributed by atoms with Crippen molar-refractivity contribution < 1.29 is 9.47 Å². The zero-order chi connectivity index (χ0) is 16.9. The molecule has 24 heavy (non-hydrogen) atoms.